The highest BCUT2D eigenvalue weighted by Gasteiger charge is 2.01. The number of nitrogens with two attached hydrogens (primary N) is 1. The Bertz CT molecular complexity index is 293. The molecule has 3 heteroatoms. The van der Waals surface area contributed by atoms with Gasteiger partial charge in [0.25, 0.3) is 5.91 Å². The zero-order valence-electron chi connectivity index (χ0n) is 8.42. The van der Waals surface area contributed by atoms with Crippen LogP contribution in [-0.2, 0) is 6.42 Å². The molecule has 0 saturated carbocycles. The Kier molecular flexibility index (Phi) is 4.13. The van der Waals surface area contributed by atoms with Crippen LogP contribution in [0.5, 0.6) is 0 Å². The summed E-state index contributed by atoms with van der Waals surface area (Å²) in [6, 6.07) is 7.54. The van der Waals surface area contributed by atoms with Crippen molar-refractivity contribution in [1.82, 2.24) is 5.43 Å². The van der Waals surface area contributed by atoms with Crippen molar-refractivity contribution in [2.45, 2.75) is 26.2 Å². The predicted molar refractivity (Wildman–Crippen MR) is 56.7 cm³/mol. The molecule has 0 bridgehead atoms. The standard InChI is InChI=1S/C11H16N2O/c1-2-3-4-9-5-7-10(8-6-9)11(14)13-12/h5-8H,2-4,12H2,1H3,(H,13,14). The van der Waals surface area contributed by atoms with Crippen LogP contribution in [0, 0.1) is 0 Å². The van der Waals surface area contributed by atoms with Gasteiger partial charge in [-0.25, -0.2) is 5.84 Å². The molecule has 1 amide bonds. The van der Waals surface area contributed by atoms with Crippen LogP contribution in [0.15, 0.2) is 24.3 Å². The van der Waals surface area contributed by atoms with Gasteiger partial charge in [-0.05, 0) is 30.5 Å². The second-order valence-corrected chi connectivity index (χ2v) is 3.27. The monoisotopic (exact) mass is 192 g/mol. The summed E-state index contributed by atoms with van der Waals surface area (Å²) in [7, 11) is 0. The molecule has 1 rings (SSSR count). The van der Waals surface area contributed by atoms with E-state index in [-0.39, 0.29) is 5.91 Å². The van der Waals surface area contributed by atoms with E-state index < -0.39 is 0 Å². The molecule has 1 aromatic carbocycles. The van der Waals surface area contributed by atoms with Gasteiger partial charge in [-0.15, -0.1) is 0 Å². The van der Waals surface area contributed by atoms with E-state index >= 15 is 0 Å². The van der Waals surface area contributed by atoms with Crippen molar-refractivity contribution < 1.29 is 4.79 Å². The number of nitrogens with one attached hydrogen (secondary N) is 1. The fourth-order valence-corrected chi connectivity index (χ4v) is 1.29. The summed E-state index contributed by atoms with van der Waals surface area (Å²) < 4.78 is 0. The number of carbonyl (C=O) groups excluding carboxylic acids is 1. The maximum Gasteiger partial charge on any atom is 0.265 e. The van der Waals surface area contributed by atoms with Crippen LogP contribution >= 0.6 is 0 Å². The normalized spacial score (nSPS) is 9.86. The Morgan fingerprint density at radius 3 is 2.50 bits per heavy atom. The number of amides is 1. The zero-order valence-corrected chi connectivity index (χ0v) is 8.42. The number of hydrogen-bond acceptors (Lipinski definition) is 2. The van der Waals surface area contributed by atoms with E-state index in [2.05, 4.69) is 12.3 Å². The third kappa shape index (κ3) is 2.85. The molecule has 3 nitrogen and oxygen atoms in total. The van der Waals surface area contributed by atoms with E-state index in [1.807, 2.05) is 12.1 Å². The SMILES string of the molecule is CCCCc1ccc(C(=O)NN)cc1. The first-order valence-corrected chi connectivity index (χ1v) is 4.87. The lowest BCUT2D eigenvalue weighted by Gasteiger charge is -2.02. The number of hydrazine groups is 1. The van der Waals surface area contributed by atoms with Crippen molar-refractivity contribution in [3.8, 4) is 0 Å². The Morgan fingerprint density at radius 1 is 1.36 bits per heavy atom. The molecular formula is C11H16N2O. The molecule has 0 aromatic heterocycles. The van der Waals surface area contributed by atoms with Gasteiger partial charge in [0.05, 0.1) is 0 Å². The summed E-state index contributed by atoms with van der Waals surface area (Å²) >= 11 is 0. The van der Waals surface area contributed by atoms with Crippen LogP contribution < -0.4 is 11.3 Å². The van der Waals surface area contributed by atoms with E-state index in [1.165, 1.54) is 18.4 Å². The number of hydrogen-bond donors (Lipinski definition) is 2. The number of benzene rings is 1. The summed E-state index contributed by atoms with van der Waals surface area (Å²) in [4.78, 5) is 11.1. The zero-order chi connectivity index (χ0) is 10.4. The average molecular weight is 192 g/mol. The lowest BCUT2D eigenvalue weighted by molar-refractivity contribution is 0.0953. The summed E-state index contributed by atoms with van der Waals surface area (Å²) in [5, 5.41) is 0. The number of unbranched alkanes of at least 4 members (excludes halogenated alkanes) is 1. The molecule has 0 heterocycles. The maximum absolute atomic E-state index is 11.1. The summed E-state index contributed by atoms with van der Waals surface area (Å²) in [5.74, 6) is 4.78. The lowest BCUT2D eigenvalue weighted by atomic mass is 10.1. The Hall–Kier alpha value is -1.35. The van der Waals surface area contributed by atoms with E-state index in [4.69, 9.17) is 5.84 Å². The van der Waals surface area contributed by atoms with Gasteiger partial charge < -0.3 is 0 Å². The van der Waals surface area contributed by atoms with Crippen molar-refractivity contribution >= 4 is 5.91 Å². The Labute approximate surface area is 84.3 Å². The van der Waals surface area contributed by atoms with Gasteiger partial charge in [0, 0.05) is 5.56 Å². The molecule has 76 valence electrons. The van der Waals surface area contributed by atoms with Crippen molar-refractivity contribution in [1.29, 1.82) is 0 Å². The van der Waals surface area contributed by atoms with Crippen molar-refractivity contribution in [2.24, 2.45) is 5.84 Å². The first-order chi connectivity index (χ1) is 6.77. The number of aryl methyl sites for hydroxylation is 1. The van der Waals surface area contributed by atoms with Gasteiger partial charge in [0.1, 0.15) is 0 Å². The molecule has 0 atom stereocenters. The highest BCUT2D eigenvalue weighted by Crippen LogP contribution is 2.07. The molecule has 0 saturated heterocycles. The van der Waals surface area contributed by atoms with Crippen molar-refractivity contribution in [3.05, 3.63) is 35.4 Å². The van der Waals surface area contributed by atoms with Crippen molar-refractivity contribution in [3.63, 3.8) is 0 Å². The highest BCUT2D eigenvalue weighted by atomic mass is 16.2. The molecule has 0 aliphatic rings. The van der Waals surface area contributed by atoms with Gasteiger partial charge in [-0.1, -0.05) is 25.5 Å². The van der Waals surface area contributed by atoms with Gasteiger partial charge >= 0.3 is 0 Å². The summed E-state index contributed by atoms with van der Waals surface area (Å²) in [6.45, 7) is 2.16. The minimum absolute atomic E-state index is 0.243. The van der Waals surface area contributed by atoms with Crippen LogP contribution in [-0.4, -0.2) is 5.91 Å². The second-order valence-electron chi connectivity index (χ2n) is 3.27. The van der Waals surface area contributed by atoms with Crippen molar-refractivity contribution in [2.75, 3.05) is 0 Å². The third-order valence-electron chi connectivity index (χ3n) is 2.17. The third-order valence-corrected chi connectivity index (χ3v) is 2.17. The summed E-state index contributed by atoms with van der Waals surface area (Å²) in [6.07, 6.45) is 3.44. The molecule has 1 aromatic rings. The van der Waals surface area contributed by atoms with Gasteiger partial charge in [-0.2, -0.15) is 0 Å². The number of nitrogen functional groups attached to an aromatic ring is 1. The topological polar surface area (TPSA) is 55.1 Å². The predicted octanol–water partition coefficient (Wildman–Crippen LogP) is 1.63. The molecule has 0 fully saturated rings. The van der Waals surface area contributed by atoms with E-state index in [0.29, 0.717) is 5.56 Å². The summed E-state index contributed by atoms with van der Waals surface area (Å²) in [5.41, 5.74) is 3.97. The van der Waals surface area contributed by atoms with Gasteiger partial charge in [-0.3, -0.25) is 10.2 Å². The molecule has 0 spiro atoms. The van der Waals surface area contributed by atoms with E-state index in [9.17, 15) is 4.79 Å². The minimum atomic E-state index is -0.243. The van der Waals surface area contributed by atoms with Crippen LogP contribution in [0.2, 0.25) is 0 Å². The first-order valence-electron chi connectivity index (χ1n) is 4.87. The lowest BCUT2D eigenvalue weighted by Crippen LogP contribution is -2.29. The number of carbonyl (C=O) groups is 1. The van der Waals surface area contributed by atoms with Crippen LogP contribution in [0.4, 0.5) is 0 Å². The Balaban J connectivity index is 2.63. The smallest absolute Gasteiger partial charge is 0.265 e. The second kappa shape index (κ2) is 5.40. The quantitative estimate of drug-likeness (QED) is 0.433. The molecule has 0 aliphatic carbocycles. The van der Waals surface area contributed by atoms with Crippen LogP contribution in [0.3, 0.4) is 0 Å². The average Bonchev–Trinajstić information content (AvgIpc) is 2.26. The van der Waals surface area contributed by atoms with Crippen LogP contribution in [0.1, 0.15) is 35.7 Å². The van der Waals surface area contributed by atoms with E-state index in [0.717, 1.165) is 6.42 Å². The molecule has 14 heavy (non-hydrogen) atoms. The minimum Gasteiger partial charge on any atom is -0.290 e. The molecule has 0 aliphatic heterocycles. The maximum atomic E-state index is 11.1. The molecule has 0 radical (unpaired) electrons. The van der Waals surface area contributed by atoms with Gasteiger partial charge in [0.2, 0.25) is 0 Å². The van der Waals surface area contributed by atoms with Crippen LogP contribution in [0.25, 0.3) is 0 Å². The molecule has 3 N–H and O–H groups in total. The first kappa shape index (κ1) is 10.7. The largest absolute Gasteiger partial charge is 0.290 e. The van der Waals surface area contributed by atoms with E-state index in [1.54, 1.807) is 12.1 Å². The fourth-order valence-electron chi connectivity index (χ4n) is 1.29. The molecule has 0 unspecified atom stereocenters. The highest BCUT2D eigenvalue weighted by molar-refractivity contribution is 5.93. The fraction of sp³-hybridized carbons (Fsp3) is 0.364. The number of rotatable bonds is 4. The molecular weight excluding hydrogens is 176 g/mol. The Morgan fingerprint density at radius 2 is 2.00 bits per heavy atom. The van der Waals surface area contributed by atoms with Gasteiger partial charge in [0.15, 0.2) is 0 Å².